The van der Waals surface area contributed by atoms with Gasteiger partial charge >= 0.3 is 0 Å². The molecule has 1 aromatic heterocycles. The Morgan fingerprint density at radius 3 is 2.71 bits per heavy atom. The van der Waals surface area contributed by atoms with E-state index in [1.54, 1.807) is 0 Å². The molecule has 1 rings (SSSR count). The van der Waals surface area contributed by atoms with Crippen LogP contribution in [-0.4, -0.2) is 18.1 Å². The standard InChI is InChI=1S/C13H20N4/c1-3-12(15)13-7-6-11(10-16-13)17(4-2)9-5-8-14/h6-7,10,12H,3-5,9,15H2,1-2H3. The molecule has 2 N–H and O–H groups in total. The van der Waals surface area contributed by atoms with Crippen LogP contribution in [0.4, 0.5) is 5.69 Å². The number of aromatic nitrogens is 1. The second-order valence-corrected chi connectivity index (χ2v) is 3.94. The van der Waals surface area contributed by atoms with Gasteiger partial charge in [0.2, 0.25) is 0 Å². The lowest BCUT2D eigenvalue weighted by molar-refractivity contribution is 0.674. The molecule has 1 unspecified atom stereocenters. The summed E-state index contributed by atoms with van der Waals surface area (Å²) in [5.74, 6) is 0. The van der Waals surface area contributed by atoms with Crippen LogP contribution in [0.25, 0.3) is 0 Å². The van der Waals surface area contributed by atoms with Crippen molar-refractivity contribution in [1.29, 1.82) is 5.26 Å². The Labute approximate surface area is 103 Å². The van der Waals surface area contributed by atoms with Crippen LogP contribution in [0.2, 0.25) is 0 Å². The monoisotopic (exact) mass is 232 g/mol. The highest BCUT2D eigenvalue weighted by atomic mass is 15.1. The second kappa shape index (κ2) is 6.87. The Kier molecular flexibility index (Phi) is 5.44. The van der Waals surface area contributed by atoms with Crippen LogP contribution in [0.5, 0.6) is 0 Å². The Balaban J connectivity index is 2.74. The van der Waals surface area contributed by atoms with E-state index >= 15 is 0 Å². The first-order valence-corrected chi connectivity index (χ1v) is 6.06. The molecule has 0 fully saturated rings. The summed E-state index contributed by atoms with van der Waals surface area (Å²) in [6, 6.07) is 6.17. The number of pyridine rings is 1. The minimum atomic E-state index is 0.0123. The SMILES string of the molecule is CCC(N)c1ccc(N(CC)CCC#N)cn1. The number of nitrogens with two attached hydrogens (primary N) is 1. The van der Waals surface area contributed by atoms with Crippen LogP contribution in [-0.2, 0) is 0 Å². The zero-order valence-electron chi connectivity index (χ0n) is 10.6. The largest absolute Gasteiger partial charge is 0.370 e. The average Bonchev–Trinajstić information content (AvgIpc) is 2.39. The Bertz CT molecular complexity index is 366. The van der Waals surface area contributed by atoms with Crippen molar-refractivity contribution in [1.82, 2.24) is 4.98 Å². The highest BCUT2D eigenvalue weighted by Gasteiger charge is 2.07. The molecule has 1 heterocycles. The predicted octanol–water partition coefficient (Wildman–Crippen LogP) is 2.23. The van der Waals surface area contributed by atoms with Gasteiger partial charge in [-0.1, -0.05) is 6.92 Å². The molecule has 0 aromatic carbocycles. The first-order valence-electron chi connectivity index (χ1n) is 6.06. The fourth-order valence-electron chi connectivity index (χ4n) is 1.67. The van der Waals surface area contributed by atoms with Crippen LogP contribution in [0, 0.1) is 11.3 Å². The van der Waals surface area contributed by atoms with Gasteiger partial charge in [-0.15, -0.1) is 0 Å². The Morgan fingerprint density at radius 1 is 1.47 bits per heavy atom. The summed E-state index contributed by atoms with van der Waals surface area (Å²) in [5.41, 5.74) is 7.89. The van der Waals surface area contributed by atoms with Crippen LogP contribution in [0.1, 0.15) is 38.4 Å². The van der Waals surface area contributed by atoms with Crippen molar-refractivity contribution in [3.05, 3.63) is 24.0 Å². The van der Waals surface area contributed by atoms with Crippen molar-refractivity contribution in [2.75, 3.05) is 18.0 Å². The molecule has 0 aliphatic heterocycles. The van der Waals surface area contributed by atoms with Gasteiger partial charge in [-0.2, -0.15) is 5.26 Å². The number of hydrogen-bond donors (Lipinski definition) is 1. The van der Waals surface area contributed by atoms with E-state index in [1.165, 1.54) is 0 Å². The topological polar surface area (TPSA) is 65.9 Å². The van der Waals surface area contributed by atoms with E-state index in [0.29, 0.717) is 6.42 Å². The maximum absolute atomic E-state index is 8.60. The third-order valence-corrected chi connectivity index (χ3v) is 2.83. The van der Waals surface area contributed by atoms with Crippen molar-refractivity contribution in [3.8, 4) is 6.07 Å². The predicted molar refractivity (Wildman–Crippen MR) is 69.6 cm³/mol. The van der Waals surface area contributed by atoms with E-state index in [2.05, 4.69) is 22.9 Å². The van der Waals surface area contributed by atoms with Gasteiger partial charge in [0.1, 0.15) is 0 Å². The number of hydrogen-bond acceptors (Lipinski definition) is 4. The van der Waals surface area contributed by atoms with Gasteiger partial charge in [0.05, 0.1) is 30.1 Å². The zero-order chi connectivity index (χ0) is 12.7. The fraction of sp³-hybridized carbons (Fsp3) is 0.538. The van der Waals surface area contributed by atoms with E-state index in [0.717, 1.165) is 30.9 Å². The molecule has 0 spiro atoms. The first kappa shape index (κ1) is 13.5. The molecule has 0 saturated heterocycles. The van der Waals surface area contributed by atoms with Crippen LogP contribution in [0.15, 0.2) is 18.3 Å². The summed E-state index contributed by atoms with van der Waals surface area (Å²) in [6.45, 7) is 5.74. The quantitative estimate of drug-likeness (QED) is 0.816. The van der Waals surface area contributed by atoms with Gasteiger partial charge in [0.25, 0.3) is 0 Å². The normalized spacial score (nSPS) is 11.9. The van der Waals surface area contributed by atoms with E-state index in [9.17, 15) is 0 Å². The molecule has 0 aliphatic carbocycles. The lowest BCUT2D eigenvalue weighted by Gasteiger charge is -2.21. The minimum Gasteiger partial charge on any atom is -0.370 e. The first-order chi connectivity index (χ1) is 8.22. The number of rotatable bonds is 6. The van der Waals surface area contributed by atoms with Gasteiger partial charge in [0, 0.05) is 19.1 Å². The molecule has 0 saturated carbocycles. The van der Waals surface area contributed by atoms with Crippen LogP contribution < -0.4 is 10.6 Å². The van der Waals surface area contributed by atoms with E-state index in [-0.39, 0.29) is 6.04 Å². The van der Waals surface area contributed by atoms with Crippen molar-refractivity contribution < 1.29 is 0 Å². The molecular formula is C13H20N4. The van der Waals surface area contributed by atoms with Gasteiger partial charge in [0.15, 0.2) is 0 Å². The van der Waals surface area contributed by atoms with Crippen molar-refractivity contribution in [3.63, 3.8) is 0 Å². The molecule has 92 valence electrons. The van der Waals surface area contributed by atoms with Crippen molar-refractivity contribution in [2.45, 2.75) is 32.7 Å². The van der Waals surface area contributed by atoms with Crippen molar-refractivity contribution in [2.24, 2.45) is 5.73 Å². The zero-order valence-corrected chi connectivity index (χ0v) is 10.6. The molecule has 4 heteroatoms. The molecule has 0 bridgehead atoms. The van der Waals surface area contributed by atoms with Crippen molar-refractivity contribution >= 4 is 5.69 Å². The Morgan fingerprint density at radius 2 is 2.24 bits per heavy atom. The molecule has 0 aliphatic rings. The summed E-state index contributed by atoms with van der Waals surface area (Å²) in [6.07, 6.45) is 3.26. The molecule has 4 nitrogen and oxygen atoms in total. The number of anilines is 1. The van der Waals surface area contributed by atoms with Crippen LogP contribution in [0.3, 0.4) is 0 Å². The third-order valence-electron chi connectivity index (χ3n) is 2.83. The maximum atomic E-state index is 8.60. The fourth-order valence-corrected chi connectivity index (χ4v) is 1.67. The molecule has 0 radical (unpaired) electrons. The maximum Gasteiger partial charge on any atom is 0.0640 e. The molecule has 1 atom stereocenters. The summed E-state index contributed by atoms with van der Waals surface area (Å²) in [5, 5.41) is 8.60. The van der Waals surface area contributed by atoms with Gasteiger partial charge in [-0.25, -0.2) is 0 Å². The Hall–Kier alpha value is -1.60. The summed E-state index contributed by atoms with van der Waals surface area (Å²) >= 11 is 0. The summed E-state index contributed by atoms with van der Waals surface area (Å²) in [4.78, 5) is 6.51. The van der Waals surface area contributed by atoms with E-state index in [4.69, 9.17) is 11.0 Å². The second-order valence-electron chi connectivity index (χ2n) is 3.94. The molecule has 1 aromatic rings. The minimum absolute atomic E-state index is 0.0123. The van der Waals surface area contributed by atoms with E-state index in [1.807, 2.05) is 25.3 Å². The van der Waals surface area contributed by atoms with Gasteiger partial charge in [-0.3, -0.25) is 4.98 Å². The molecule has 0 amide bonds. The van der Waals surface area contributed by atoms with Gasteiger partial charge < -0.3 is 10.6 Å². The van der Waals surface area contributed by atoms with Gasteiger partial charge in [-0.05, 0) is 25.5 Å². The number of nitrogens with zero attached hydrogens (tertiary/aromatic N) is 3. The van der Waals surface area contributed by atoms with E-state index < -0.39 is 0 Å². The highest BCUT2D eigenvalue weighted by Crippen LogP contribution is 2.17. The average molecular weight is 232 g/mol. The summed E-state index contributed by atoms with van der Waals surface area (Å²) < 4.78 is 0. The lowest BCUT2D eigenvalue weighted by Crippen LogP contribution is -2.24. The highest BCUT2D eigenvalue weighted by molar-refractivity contribution is 5.44. The molecular weight excluding hydrogens is 212 g/mol. The smallest absolute Gasteiger partial charge is 0.0640 e. The lowest BCUT2D eigenvalue weighted by atomic mass is 10.1. The van der Waals surface area contributed by atoms with Crippen LogP contribution >= 0.6 is 0 Å². The third kappa shape index (κ3) is 3.72. The number of nitriles is 1. The molecule has 17 heavy (non-hydrogen) atoms. The summed E-state index contributed by atoms with van der Waals surface area (Å²) in [7, 11) is 0.